The number of carbonyl (C=O) groups is 1. The van der Waals surface area contributed by atoms with Gasteiger partial charge in [-0.2, -0.15) is 0 Å². The van der Waals surface area contributed by atoms with Crippen molar-refractivity contribution in [3.05, 3.63) is 29.8 Å². The largest absolute Gasteiger partial charge is 0.460 e. The molecular formula is C17H28N2O2. The fraction of sp³-hybridized carbons (Fsp3) is 0.588. The molecule has 4 nitrogen and oxygen atoms in total. The van der Waals surface area contributed by atoms with Gasteiger partial charge < -0.3 is 15.4 Å². The van der Waals surface area contributed by atoms with Crippen molar-refractivity contribution < 1.29 is 9.53 Å². The number of hydrogen-bond acceptors (Lipinski definition) is 4. The molecule has 0 saturated heterocycles. The first-order valence-electron chi connectivity index (χ1n) is 7.21. The quantitative estimate of drug-likeness (QED) is 0.866. The molecule has 0 saturated carbocycles. The van der Waals surface area contributed by atoms with E-state index in [1.54, 1.807) is 0 Å². The maximum absolute atomic E-state index is 12.4. The van der Waals surface area contributed by atoms with Crippen molar-refractivity contribution in [3.8, 4) is 0 Å². The van der Waals surface area contributed by atoms with E-state index >= 15 is 0 Å². The van der Waals surface area contributed by atoms with Gasteiger partial charge in [-0.25, -0.2) is 0 Å². The molecule has 0 amide bonds. The molecule has 1 aromatic carbocycles. The van der Waals surface area contributed by atoms with Crippen LogP contribution in [0.25, 0.3) is 0 Å². The third-order valence-electron chi connectivity index (χ3n) is 3.47. The summed E-state index contributed by atoms with van der Waals surface area (Å²) >= 11 is 0. The molecule has 0 unspecified atom stereocenters. The Hall–Kier alpha value is -1.55. The molecule has 1 rings (SSSR count). The maximum Gasteiger partial charge on any atom is 0.313 e. The van der Waals surface area contributed by atoms with Gasteiger partial charge in [0.2, 0.25) is 0 Å². The van der Waals surface area contributed by atoms with Gasteiger partial charge in [-0.15, -0.1) is 0 Å². The second-order valence-electron chi connectivity index (χ2n) is 7.19. The second kappa shape index (κ2) is 6.06. The average molecular weight is 292 g/mol. The first kappa shape index (κ1) is 17.5. The van der Waals surface area contributed by atoms with Gasteiger partial charge in [0.05, 0.1) is 5.41 Å². The van der Waals surface area contributed by atoms with Crippen molar-refractivity contribution in [1.82, 2.24) is 0 Å². The number of nitrogens with two attached hydrogens (primary N) is 1. The summed E-state index contributed by atoms with van der Waals surface area (Å²) in [4.78, 5) is 14.4. The summed E-state index contributed by atoms with van der Waals surface area (Å²) in [6.45, 7) is 9.23. The SMILES string of the molecule is CN(C)c1ccc([C@H](N)C(C)(C)C(=O)OC(C)(C)C)cc1. The fourth-order valence-corrected chi connectivity index (χ4v) is 1.93. The van der Waals surface area contributed by atoms with Crippen LogP contribution in [0.3, 0.4) is 0 Å². The van der Waals surface area contributed by atoms with Gasteiger partial charge in [0, 0.05) is 25.8 Å². The van der Waals surface area contributed by atoms with E-state index < -0.39 is 17.1 Å². The normalized spacial score (nSPS) is 13.7. The summed E-state index contributed by atoms with van der Waals surface area (Å²) in [7, 11) is 3.97. The smallest absolute Gasteiger partial charge is 0.313 e. The highest BCUT2D eigenvalue weighted by Gasteiger charge is 2.38. The van der Waals surface area contributed by atoms with Crippen molar-refractivity contribution in [2.45, 2.75) is 46.3 Å². The Morgan fingerprint density at radius 3 is 1.95 bits per heavy atom. The molecule has 1 atom stereocenters. The van der Waals surface area contributed by atoms with E-state index in [1.807, 2.05) is 77.9 Å². The van der Waals surface area contributed by atoms with Crippen LogP contribution < -0.4 is 10.6 Å². The Morgan fingerprint density at radius 2 is 1.57 bits per heavy atom. The third kappa shape index (κ3) is 4.46. The van der Waals surface area contributed by atoms with Crippen LogP contribution in [0.2, 0.25) is 0 Å². The molecular weight excluding hydrogens is 264 g/mol. The third-order valence-corrected chi connectivity index (χ3v) is 3.47. The van der Waals surface area contributed by atoms with E-state index in [9.17, 15) is 4.79 Å². The number of rotatable bonds is 4. The fourth-order valence-electron chi connectivity index (χ4n) is 1.93. The Kier molecular flexibility index (Phi) is 5.05. The van der Waals surface area contributed by atoms with E-state index in [0.29, 0.717) is 0 Å². The predicted octanol–water partition coefficient (Wildman–Crippen LogP) is 3.12. The minimum atomic E-state index is -0.785. The lowest BCUT2D eigenvalue weighted by atomic mass is 9.81. The van der Waals surface area contributed by atoms with E-state index in [0.717, 1.165) is 11.3 Å². The molecule has 1 aromatic rings. The summed E-state index contributed by atoms with van der Waals surface area (Å²) in [6.07, 6.45) is 0. The molecule has 4 heteroatoms. The van der Waals surface area contributed by atoms with Crippen molar-refractivity contribution in [3.63, 3.8) is 0 Å². The van der Waals surface area contributed by atoms with Crippen LogP contribution in [0.4, 0.5) is 5.69 Å². The zero-order valence-corrected chi connectivity index (χ0v) is 14.2. The van der Waals surface area contributed by atoms with E-state index in [2.05, 4.69) is 0 Å². The lowest BCUT2D eigenvalue weighted by Crippen LogP contribution is -2.41. The molecule has 21 heavy (non-hydrogen) atoms. The van der Waals surface area contributed by atoms with Gasteiger partial charge >= 0.3 is 5.97 Å². The van der Waals surface area contributed by atoms with Crippen LogP contribution in [0.15, 0.2) is 24.3 Å². The summed E-state index contributed by atoms with van der Waals surface area (Å²) < 4.78 is 5.48. The van der Waals surface area contributed by atoms with Crippen LogP contribution in [0.5, 0.6) is 0 Å². The zero-order chi connectivity index (χ0) is 16.4. The first-order chi connectivity index (χ1) is 9.45. The van der Waals surface area contributed by atoms with Gasteiger partial charge in [0.25, 0.3) is 0 Å². The van der Waals surface area contributed by atoms with Crippen LogP contribution >= 0.6 is 0 Å². The molecule has 0 bridgehead atoms. The maximum atomic E-state index is 12.4. The van der Waals surface area contributed by atoms with E-state index in [4.69, 9.17) is 10.5 Å². The average Bonchev–Trinajstić information content (AvgIpc) is 2.35. The lowest BCUT2D eigenvalue weighted by molar-refractivity contribution is -0.167. The molecule has 0 aliphatic heterocycles. The molecule has 0 spiro atoms. The van der Waals surface area contributed by atoms with Crippen molar-refractivity contribution in [2.75, 3.05) is 19.0 Å². The molecule has 118 valence electrons. The second-order valence-corrected chi connectivity index (χ2v) is 7.19. The van der Waals surface area contributed by atoms with Crippen LogP contribution in [-0.4, -0.2) is 25.7 Å². The summed E-state index contributed by atoms with van der Waals surface area (Å²) in [5, 5.41) is 0. The van der Waals surface area contributed by atoms with Gasteiger partial charge in [-0.3, -0.25) is 4.79 Å². The van der Waals surface area contributed by atoms with Crippen molar-refractivity contribution in [2.24, 2.45) is 11.1 Å². The Labute approximate surface area is 128 Å². The molecule has 0 fully saturated rings. The summed E-state index contributed by atoms with van der Waals surface area (Å²) in [6, 6.07) is 7.52. The Balaban J connectivity index is 2.94. The van der Waals surface area contributed by atoms with Gasteiger partial charge in [-0.1, -0.05) is 12.1 Å². The predicted molar refractivity (Wildman–Crippen MR) is 87.3 cm³/mol. The first-order valence-corrected chi connectivity index (χ1v) is 7.21. The number of carbonyl (C=O) groups excluding carboxylic acids is 1. The Bertz CT molecular complexity index is 485. The van der Waals surface area contributed by atoms with E-state index in [-0.39, 0.29) is 5.97 Å². The van der Waals surface area contributed by atoms with E-state index in [1.165, 1.54) is 0 Å². The molecule has 0 aliphatic carbocycles. The van der Waals surface area contributed by atoms with Crippen molar-refractivity contribution in [1.29, 1.82) is 0 Å². The molecule has 0 aliphatic rings. The highest BCUT2D eigenvalue weighted by Crippen LogP contribution is 2.34. The molecule has 0 radical (unpaired) electrons. The standard InChI is InChI=1S/C17H28N2O2/c1-16(2,3)21-15(20)17(4,5)14(18)12-8-10-13(11-9-12)19(6)7/h8-11,14H,18H2,1-7H3/t14-/m0/s1. The van der Waals surface area contributed by atoms with Crippen LogP contribution in [0, 0.1) is 5.41 Å². The summed E-state index contributed by atoms with van der Waals surface area (Å²) in [5.41, 5.74) is 7.03. The van der Waals surface area contributed by atoms with Gasteiger partial charge in [0.15, 0.2) is 0 Å². The van der Waals surface area contributed by atoms with Crippen LogP contribution in [-0.2, 0) is 9.53 Å². The monoisotopic (exact) mass is 292 g/mol. The molecule has 0 aromatic heterocycles. The number of benzene rings is 1. The molecule has 0 heterocycles. The number of anilines is 1. The number of nitrogens with zero attached hydrogens (tertiary/aromatic N) is 1. The zero-order valence-electron chi connectivity index (χ0n) is 14.2. The highest BCUT2D eigenvalue weighted by atomic mass is 16.6. The number of hydrogen-bond donors (Lipinski definition) is 1. The minimum Gasteiger partial charge on any atom is -0.460 e. The van der Waals surface area contributed by atoms with Crippen LogP contribution in [0.1, 0.15) is 46.2 Å². The van der Waals surface area contributed by atoms with Gasteiger partial charge in [0.1, 0.15) is 5.60 Å². The topological polar surface area (TPSA) is 55.6 Å². The van der Waals surface area contributed by atoms with Crippen molar-refractivity contribution >= 4 is 11.7 Å². The molecule has 2 N–H and O–H groups in total. The van der Waals surface area contributed by atoms with Gasteiger partial charge in [-0.05, 0) is 52.3 Å². The number of esters is 1. The summed E-state index contributed by atoms with van der Waals surface area (Å²) in [5.74, 6) is -0.279. The lowest BCUT2D eigenvalue weighted by Gasteiger charge is -2.33. The highest BCUT2D eigenvalue weighted by molar-refractivity contribution is 5.77. The minimum absolute atomic E-state index is 0.279. The number of ether oxygens (including phenoxy) is 1. The Morgan fingerprint density at radius 1 is 1.10 bits per heavy atom.